The Kier molecular flexibility index (Phi) is 5.67. The number of azo groups is 1. The summed E-state index contributed by atoms with van der Waals surface area (Å²) >= 11 is 0. The van der Waals surface area contributed by atoms with Crippen LogP contribution in [0.25, 0.3) is 10.9 Å². The lowest BCUT2D eigenvalue weighted by Crippen LogP contribution is -2.22. The van der Waals surface area contributed by atoms with Gasteiger partial charge < -0.3 is 14.6 Å². The number of benzene rings is 2. The lowest BCUT2D eigenvalue weighted by Gasteiger charge is -2.17. The van der Waals surface area contributed by atoms with Gasteiger partial charge >= 0.3 is 0 Å². The topological polar surface area (TPSA) is 88.7 Å². The molecular formula is C22H24N4O4. The number of fused-ring (bicyclic) bond motifs is 1. The quantitative estimate of drug-likeness (QED) is 0.613. The molecular weight excluding hydrogens is 384 g/mol. The van der Waals surface area contributed by atoms with Crippen LogP contribution < -0.4 is 9.47 Å². The third kappa shape index (κ3) is 3.73. The third-order valence-electron chi connectivity index (χ3n) is 5.33. The fourth-order valence-electron chi connectivity index (χ4n) is 3.76. The van der Waals surface area contributed by atoms with Crippen LogP contribution in [0.15, 0.2) is 52.7 Å². The van der Waals surface area contributed by atoms with Gasteiger partial charge in [-0.15, -0.1) is 10.2 Å². The molecule has 0 radical (unpaired) electrons. The molecule has 4 rings (SSSR count). The lowest BCUT2D eigenvalue weighted by atomic mass is 10.2. The number of hydrogen-bond donors (Lipinski definition) is 1. The molecule has 1 saturated heterocycles. The number of methoxy groups -OCH3 is 2. The molecule has 3 aromatic rings. The second-order valence-corrected chi connectivity index (χ2v) is 7.16. The molecule has 0 unspecified atom stereocenters. The monoisotopic (exact) mass is 408 g/mol. The summed E-state index contributed by atoms with van der Waals surface area (Å²) in [5.41, 5.74) is 1.46. The van der Waals surface area contributed by atoms with E-state index in [1.165, 1.54) is 14.2 Å². The molecule has 30 heavy (non-hydrogen) atoms. The molecule has 1 amide bonds. The third-order valence-corrected chi connectivity index (χ3v) is 5.33. The molecule has 1 aliphatic heterocycles. The maximum atomic E-state index is 12.6. The Balaban J connectivity index is 1.65. The number of aromatic nitrogens is 1. The molecule has 8 nitrogen and oxygen atoms in total. The zero-order valence-corrected chi connectivity index (χ0v) is 17.0. The standard InChI is InChI=1S/C22H24N4O4/c1-29-18-10-9-15(13-19(18)30-2)21(27)24-23-20-16-7-3-4-8-17(16)26(22(20)28)14-25-11-5-6-12-25/h3-4,7-10,13,28H,5-6,11-12,14H2,1-2H3. The molecule has 1 N–H and O–H groups in total. The van der Waals surface area contributed by atoms with Gasteiger partial charge in [-0.05, 0) is 50.2 Å². The molecule has 2 aromatic carbocycles. The maximum Gasteiger partial charge on any atom is 0.295 e. The van der Waals surface area contributed by atoms with Crippen LogP contribution in [-0.4, -0.2) is 47.8 Å². The van der Waals surface area contributed by atoms with Crippen molar-refractivity contribution in [1.82, 2.24) is 9.47 Å². The number of carbonyl (C=O) groups is 1. The van der Waals surface area contributed by atoms with Crippen molar-refractivity contribution in [3.05, 3.63) is 48.0 Å². The van der Waals surface area contributed by atoms with Gasteiger partial charge in [-0.1, -0.05) is 18.2 Å². The number of ether oxygens (including phenoxy) is 2. The molecule has 0 bridgehead atoms. The van der Waals surface area contributed by atoms with Gasteiger partial charge in [0.2, 0.25) is 5.88 Å². The van der Waals surface area contributed by atoms with E-state index in [1.54, 1.807) is 18.2 Å². The molecule has 0 aliphatic carbocycles. The molecule has 1 aliphatic rings. The van der Waals surface area contributed by atoms with Crippen molar-refractivity contribution in [1.29, 1.82) is 0 Å². The average molecular weight is 408 g/mol. The molecule has 0 spiro atoms. The van der Waals surface area contributed by atoms with E-state index in [2.05, 4.69) is 15.1 Å². The first kappa shape index (κ1) is 19.9. The second kappa shape index (κ2) is 8.54. The van der Waals surface area contributed by atoms with E-state index in [0.29, 0.717) is 29.4 Å². The van der Waals surface area contributed by atoms with Gasteiger partial charge in [0, 0.05) is 10.9 Å². The van der Waals surface area contributed by atoms with Crippen molar-refractivity contribution in [3.8, 4) is 17.4 Å². The SMILES string of the molecule is COc1ccc(C(=O)N=Nc2c(O)n(CN3CCCC3)c3ccccc23)cc1OC. The predicted molar refractivity (Wildman–Crippen MR) is 113 cm³/mol. The molecule has 2 heterocycles. The minimum atomic E-state index is -0.535. The number of para-hydroxylation sites is 1. The van der Waals surface area contributed by atoms with Gasteiger partial charge in [0.05, 0.1) is 26.4 Å². The van der Waals surface area contributed by atoms with Crippen LogP contribution in [0.1, 0.15) is 23.2 Å². The van der Waals surface area contributed by atoms with Crippen LogP contribution in [-0.2, 0) is 6.67 Å². The lowest BCUT2D eigenvalue weighted by molar-refractivity contribution is 0.0994. The van der Waals surface area contributed by atoms with E-state index in [-0.39, 0.29) is 5.88 Å². The van der Waals surface area contributed by atoms with Crippen LogP contribution in [0, 0.1) is 0 Å². The predicted octanol–water partition coefficient (Wildman–Crippen LogP) is 4.34. The van der Waals surface area contributed by atoms with Crippen molar-refractivity contribution in [2.45, 2.75) is 19.5 Å². The second-order valence-electron chi connectivity index (χ2n) is 7.16. The van der Waals surface area contributed by atoms with Crippen molar-refractivity contribution in [2.75, 3.05) is 27.3 Å². The van der Waals surface area contributed by atoms with Gasteiger partial charge in [-0.3, -0.25) is 14.3 Å². The fraction of sp³-hybridized carbons (Fsp3) is 0.318. The van der Waals surface area contributed by atoms with E-state index in [0.717, 1.165) is 36.8 Å². The molecule has 156 valence electrons. The van der Waals surface area contributed by atoms with Crippen molar-refractivity contribution in [2.24, 2.45) is 10.2 Å². The Morgan fingerprint density at radius 3 is 2.53 bits per heavy atom. The minimum Gasteiger partial charge on any atom is -0.493 e. The van der Waals surface area contributed by atoms with Crippen molar-refractivity contribution in [3.63, 3.8) is 0 Å². The summed E-state index contributed by atoms with van der Waals surface area (Å²) in [6.07, 6.45) is 2.32. The molecule has 1 aromatic heterocycles. The van der Waals surface area contributed by atoms with E-state index < -0.39 is 5.91 Å². The van der Waals surface area contributed by atoms with E-state index in [4.69, 9.17) is 9.47 Å². The number of likely N-dealkylation sites (tertiary alicyclic amines) is 1. The largest absolute Gasteiger partial charge is 0.493 e. The summed E-state index contributed by atoms with van der Waals surface area (Å²) in [6.45, 7) is 2.58. The number of amides is 1. The van der Waals surface area contributed by atoms with Crippen LogP contribution >= 0.6 is 0 Å². The van der Waals surface area contributed by atoms with Gasteiger partial charge in [0.15, 0.2) is 17.2 Å². The summed E-state index contributed by atoms with van der Waals surface area (Å²) in [4.78, 5) is 14.8. The number of aromatic hydroxyl groups is 1. The number of nitrogens with zero attached hydrogens (tertiary/aromatic N) is 4. The summed E-state index contributed by atoms with van der Waals surface area (Å²) in [5.74, 6) is 0.427. The zero-order chi connectivity index (χ0) is 21.1. The van der Waals surface area contributed by atoms with E-state index in [9.17, 15) is 9.90 Å². The zero-order valence-electron chi connectivity index (χ0n) is 17.0. The van der Waals surface area contributed by atoms with Crippen molar-refractivity contribution >= 4 is 22.5 Å². The van der Waals surface area contributed by atoms with E-state index >= 15 is 0 Å². The van der Waals surface area contributed by atoms with Crippen LogP contribution in [0.2, 0.25) is 0 Å². The van der Waals surface area contributed by atoms with Crippen LogP contribution in [0.3, 0.4) is 0 Å². The molecule has 8 heteroatoms. The van der Waals surface area contributed by atoms with Crippen LogP contribution in [0.5, 0.6) is 17.4 Å². The van der Waals surface area contributed by atoms with Gasteiger partial charge in [0.1, 0.15) is 0 Å². The Morgan fingerprint density at radius 2 is 1.80 bits per heavy atom. The maximum absolute atomic E-state index is 12.6. The first-order chi connectivity index (χ1) is 14.6. The summed E-state index contributed by atoms with van der Waals surface area (Å²) < 4.78 is 12.2. The Bertz CT molecular complexity index is 1100. The number of hydrogen-bond acceptors (Lipinski definition) is 6. The molecule has 0 saturated carbocycles. The first-order valence-electron chi connectivity index (χ1n) is 9.83. The van der Waals surface area contributed by atoms with Gasteiger partial charge in [-0.2, -0.15) is 0 Å². The molecule has 1 fully saturated rings. The first-order valence-corrected chi connectivity index (χ1v) is 9.83. The van der Waals surface area contributed by atoms with Gasteiger partial charge in [0.25, 0.3) is 5.91 Å². The molecule has 0 atom stereocenters. The van der Waals surface area contributed by atoms with Crippen LogP contribution in [0.4, 0.5) is 5.69 Å². The van der Waals surface area contributed by atoms with Crippen molar-refractivity contribution < 1.29 is 19.4 Å². The summed E-state index contributed by atoms with van der Waals surface area (Å²) in [7, 11) is 3.03. The Labute approximate surface area is 174 Å². The fourth-order valence-corrected chi connectivity index (χ4v) is 3.76. The highest BCUT2D eigenvalue weighted by molar-refractivity contribution is 5.97. The highest BCUT2D eigenvalue weighted by atomic mass is 16.5. The Morgan fingerprint density at radius 1 is 1.07 bits per heavy atom. The summed E-state index contributed by atoms with van der Waals surface area (Å²) in [6, 6.07) is 12.4. The highest BCUT2D eigenvalue weighted by Crippen LogP contribution is 2.39. The number of rotatable bonds is 6. The van der Waals surface area contributed by atoms with Gasteiger partial charge in [-0.25, -0.2) is 0 Å². The van der Waals surface area contributed by atoms with E-state index in [1.807, 2.05) is 28.8 Å². The minimum absolute atomic E-state index is 0.00645. The normalized spacial score (nSPS) is 14.6. The number of carbonyl (C=O) groups excluding carboxylic acids is 1. The smallest absolute Gasteiger partial charge is 0.295 e. The summed E-state index contributed by atoms with van der Waals surface area (Å²) in [5, 5.41) is 19.6. The Hall–Kier alpha value is -3.39. The average Bonchev–Trinajstić information content (AvgIpc) is 3.39. The highest BCUT2D eigenvalue weighted by Gasteiger charge is 2.20.